The lowest BCUT2D eigenvalue weighted by molar-refractivity contribution is 0.0206. The summed E-state index contributed by atoms with van der Waals surface area (Å²) in [5, 5.41) is 14.6. The number of rotatable bonds is 4. The SMILES string of the molecule is COc1cc(C)ccc1-c1nnc(N[C@@H]2CCCN(C(=O)OC(C)(C)C)C2)c2cc(Br)ccc12. The molecular weight excluding hydrogens is 496 g/mol. The third-order valence-corrected chi connectivity index (χ3v) is 6.26. The summed E-state index contributed by atoms with van der Waals surface area (Å²) in [6, 6.07) is 12.2. The fourth-order valence-corrected chi connectivity index (χ4v) is 4.57. The minimum absolute atomic E-state index is 0.0533. The number of nitrogens with one attached hydrogen (secondary N) is 1. The van der Waals surface area contributed by atoms with E-state index in [0.717, 1.165) is 50.7 Å². The summed E-state index contributed by atoms with van der Waals surface area (Å²) < 4.78 is 12.2. The zero-order chi connectivity index (χ0) is 24.5. The summed E-state index contributed by atoms with van der Waals surface area (Å²) in [6.45, 7) is 8.93. The van der Waals surface area contributed by atoms with Crippen LogP contribution in [0.5, 0.6) is 5.75 Å². The zero-order valence-corrected chi connectivity index (χ0v) is 21.9. The van der Waals surface area contributed by atoms with Crippen LogP contribution < -0.4 is 10.1 Å². The highest BCUT2D eigenvalue weighted by molar-refractivity contribution is 9.10. The van der Waals surface area contributed by atoms with Gasteiger partial charge in [-0.05, 0) is 70.4 Å². The van der Waals surface area contributed by atoms with Gasteiger partial charge in [0.2, 0.25) is 0 Å². The van der Waals surface area contributed by atoms with Gasteiger partial charge < -0.3 is 19.7 Å². The van der Waals surface area contributed by atoms with E-state index in [4.69, 9.17) is 9.47 Å². The molecule has 4 rings (SSSR count). The number of carbonyl (C=O) groups excluding carboxylic acids is 1. The van der Waals surface area contributed by atoms with Gasteiger partial charge in [-0.25, -0.2) is 4.79 Å². The summed E-state index contributed by atoms with van der Waals surface area (Å²) >= 11 is 3.60. The molecule has 1 amide bonds. The van der Waals surface area contributed by atoms with Crippen LogP contribution in [0.3, 0.4) is 0 Å². The van der Waals surface area contributed by atoms with Crippen molar-refractivity contribution in [1.29, 1.82) is 0 Å². The molecule has 0 spiro atoms. The van der Waals surface area contributed by atoms with Gasteiger partial charge in [0.05, 0.1) is 7.11 Å². The van der Waals surface area contributed by atoms with Gasteiger partial charge in [0.25, 0.3) is 0 Å². The second-order valence-electron chi connectivity index (χ2n) is 9.70. The second kappa shape index (κ2) is 9.78. The Morgan fingerprint density at radius 3 is 2.68 bits per heavy atom. The number of hydrogen-bond acceptors (Lipinski definition) is 6. The minimum atomic E-state index is -0.516. The molecule has 3 aromatic rings. The van der Waals surface area contributed by atoms with Gasteiger partial charge in [-0.1, -0.05) is 28.1 Å². The van der Waals surface area contributed by atoms with Crippen molar-refractivity contribution in [3.8, 4) is 17.0 Å². The number of piperidine rings is 1. The maximum Gasteiger partial charge on any atom is 0.410 e. The highest BCUT2D eigenvalue weighted by Crippen LogP contribution is 2.37. The fourth-order valence-electron chi connectivity index (χ4n) is 4.21. The number of amides is 1. The summed E-state index contributed by atoms with van der Waals surface area (Å²) in [4.78, 5) is 14.4. The number of carbonyl (C=O) groups is 1. The molecule has 8 heteroatoms. The van der Waals surface area contributed by atoms with Crippen LogP contribution in [0.1, 0.15) is 39.2 Å². The molecule has 34 heavy (non-hydrogen) atoms. The molecule has 2 heterocycles. The van der Waals surface area contributed by atoms with E-state index in [-0.39, 0.29) is 12.1 Å². The van der Waals surface area contributed by atoms with Gasteiger partial charge in [-0.2, -0.15) is 0 Å². The van der Waals surface area contributed by atoms with Gasteiger partial charge in [0, 0.05) is 39.9 Å². The van der Waals surface area contributed by atoms with Crippen molar-refractivity contribution in [1.82, 2.24) is 15.1 Å². The molecule has 1 saturated heterocycles. The number of ether oxygens (including phenoxy) is 2. The third kappa shape index (κ3) is 5.43. The fraction of sp³-hybridized carbons (Fsp3) is 0.423. The number of likely N-dealkylation sites (tertiary alicyclic amines) is 1. The molecule has 1 aliphatic heterocycles. The molecule has 0 bridgehead atoms. The summed E-state index contributed by atoms with van der Waals surface area (Å²) in [7, 11) is 1.67. The first-order valence-corrected chi connectivity index (χ1v) is 12.3. The molecule has 0 saturated carbocycles. The molecular formula is C26H31BrN4O3. The smallest absolute Gasteiger partial charge is 0.410 e. The van der Waals surface area contributed by atoms with Gasteiger partial charge in [0.1, 0.15) is 17.0 Å². The van der Waals surface area contributed by atoms with Gasteiger partial charge in [-0.3, -0.25) is 0 Å². The van der Waals surface area contributed by atoms with E-state index in [1.54, 1.807) is 12.0 Å². The Labute approximate surface area is 209 Å². The number of benzene rings is 2. The van der Waals surface area contributed by atoms with E-state index in [9.17, 15) is 4.79 Å². The lowest BCUT2D eigenvalue weighted by Gasteiger charge is -2.34. The minimum Gasteiger partial charge on any atom is -0.496 e. The molecule has 7 nitrogen and oxygen atoms in total. The van der Waals surface area contributed by atoms with Gasteiger partial charge in [-0.15, -0.1) is 10.2 Å². The first-order valence-electron chi connectivity index (χ1n) is 11.5. The summed E-state index contributed by atoms with van der Waals surface area (Å²) in [5.74, 6) is 1.46. The second-order valence-corrected chi connectivity index (χ2v) is 10.6. The normalized spacial score (nSPS) is 16.4. The molecule has 0 unspecified atom stereocenters. The van der Waals surface area contributed by atoms with E-state index in [0.29, 0.717) is 18.9 Å². The summed E-state index contributed by atoms with van der Waals surface area (Å²) in [5.41, 5.74) is 2.26. The van der Waals surface area contributed by atoms with Crippen molar-refractivity contribution in [3.63, 3.8) is 0 Å². The Balaban J connectivity index is 1.65. The number of halogens is 1. The van der Waals surface area contributed by atoms with Crippen LogP contribution in [0.15, 0.2) is 40.9 Å². The number of hydrogen-bond donors (Lipinski definition) is 1. The quantitative estimate of drug-likeness (QED) is 0.436. The first-order chi connectivity index (χ1) is 16.1. The zero-order valence-electron chi connectivity index (χ0n) is 20.3. The van der Waals surface area contributed by atoms with E-state index in [2.05, 4.69) is 31.4 Å². The Hall–Kier alpha value is -2.87. The van der Waals surface area contributed by atoms with Crippen LogP contribution in [0.2, 0.25) is 0 Å². The number of fused-ring (bicyclic) bond motifs is 1. The molecule has 1 aromatic heterocycles. The Morgan fingerprint density at radius 1 is 1.15 bits per heavy atom. The predicted molar refractivity (Wildman–Crippen MR) is 138 cm³/mol. The average molecular weight is 527 g/mol. The van der Waals surface area contributed by atoms with E-state index >= 15 is 0 Å². The molecule has 1 fully saturated rings. The van der Waals surface area contributed by atoms with Crippen molar-refractivity contribution in [2.75, 3.05) is 25.5 Å². The molecule has 1 aliphatic rings. The van der Waals surface area contributed by atoms with Crippen molar-refractivity contribution in [3.05, 3.63) is 46.4 Å². The first kappa shape index (κ1) is 24.3. The topological polar surface area (TPSA) is 76.6 Å². The van der Waals surface area contributed by atoms with Crippen LogP contribution in [-0.4, -0.2) is 53.0 Å². The van der Waals surface area contributed by atoms with Crippen LogP contribution in [-0.2, 0) is 4.74 Å². The highest BCUT2D eigenvalue weighted by Gasteiger charge is 2.28. The lowest BCUT2D eigenvalue weighted by Crippen LogP contribution is -2.47. The maximum absolute atomic E-state index is 12.6. The Kier molecular flexibility index (Phi) is 6.98. The van der Waals surface area contributed by atoms with E-state index in [1.165, 1.54) is 0 Å². The van der Waals surface area contributed by atoms with Crippen molar-refractivity contribution in [2.24, 2.45) is 0 Å². The number of anilines is 1. The maximum atomic E-state index is 12.6. The monoisotopic (exact) mass is 526 g/mol. The van der Waals surface area contributed by atoms with Crippen LogP contribution >= 0.6 is 15.9 Å². The Bertz CT molecular complexity index is 1210. The van der Waals surface area contributed by atoms with Crippen molar-refractivity contribution in [2.45, 2.75) is 52.2 Å². The van der Waals surface area contributed by atoms with Gasteiger partial charge in [0.15, 0.2) is 5.82 Å². The molecule has 1 atom stereocenters. The third-order valence-electron chi connectivity index (χ3n) is 5.77. The molecule has 2 aromatic carbocycles. The molecule has 0 aliphatic carbocycles. The molecule has 0 radical (unpaired) electrons. The lowest BCUT2D eigenvalue weighted by atomic mass is 10.0. The van der Waals surface area contributed by atoms with Crippen molar-refractivity contribution < 1.29 is 14.3 Å². The van der Waals surface area contributed by atoms with Gasteiger partial charge >= 0.3 is 6.09 Å². The standard InChI is InChI=1S/C26H31BrN4O3/c1-16-8-10-20(22(13-16)33-5)23-19-11-9-17(27)14-21(19)24(30-29-23)28-18-7-6-12-31(15-18)25(32)34-26(2,3)4/h8-11,13-14,18H,6-7,12,15H2,1-5H3,(H,28,30)/t18-/m1/s1. The van der Waals surface area contributed by atoms with E-state index < -0.39 is 5.60 Å². The highest BCUT2D eigenvalue weighted by atomic mass is 79.9. The van der Waals surface area contributed by atoms with Crippen LogP contribution in [0.25, 0.3) is 22.0 Å². The Morgan fingerprint density at radius 2 is 1.94 bits per heavy atom. The molecule has 180 valence electrons. The number of methoxy groups -OCH3 is 1. The summed E-state index contributed by atoms with van der Waals surface area (Å²) in [6.07, 6.45) is 1.55. The molecule has 1 N–H and O–H groups in total. The average Bonchev–Trinajstić information content (AvgIpc) is 2.78. The number of aryl methyl sites for hydroxylation is 1. The largest absolute Gasteiger partial charge is 0.496 e. The van der Waals surface area contributed by atoms with Crippen molar-refractivity contribution >= 4 is 38.6 Å². The van der Waals surface area contributed by atoms with E-state index in [1.807, 2.05) is 64.1 Å². The van der Waals surface area contributed by atoms with Crippen LogP contribution in [0.4, 0.5) is 10.6 Å². The number of aromatic nitrogens is 2. The van der Waals surface area contributed by atoms with Crippen LogP contribution in [0, 0.1) is 6.92 Å². The number of nitrogens with zero attached hydrogens (tertiary/aromatic N) is 3. The predicted octanol–water partition coefficient (Wildman–Crippen LogP) is 6.19.